The highest BCUT2D eigenvalue weighted by Gasteiger charge is 2.45. The van der Waals surface area contributed by atoms with E-state index < -0.39 is 0 Å². The summed E-state index contributed by atoms with van der Waals surface area (Å²) in [7, 11) is 0. The number of nitrogens with zero attached hydrogens (tertiary/aromatic N) is 1. The van der Waals surface area contributed by atoms with E-state index in [2.05, 4.69) is 23.3 Å². The lowest BCUT2D eigenvalue weighted by Crippen LogP contribution is -2.74. The first-order valence-electron chi connectivity index (χ1n) is 6.58. The number of allylic oxidation sites excluding steroid dienone is 2. The minimum Gasteiger partial charge on any atom is -0.350 e. The number of aryl methyl sites for hydroxylation is 1. The molecule has 3 aliphatic rings. The van der Waals surface area contributed by atoms with Gasteiger partial charge in [-0.3, -0.25) is 9.69 Å². The van der Waals surface area contributed by atoms with Crippen molar-refractivity contribution in [3.05, 3.63) is 58.2 Å². The number of rotatable bonds is 1. The first-order chi connectivity index (χ1) is 9.74. The number of carbonyl (C=O) groups is 1. The predicted octanol–water partition coefficient (Wildman–Crippen LogP) is 0.358. The molecule has 2 atom stereocenters. The van der Waals surface area contributed by atoms with Gasteiger partial charge in [0, 0.05) is 15.8 Å². The number of carbonyl (C=O) groups excluding carboxylic acids is 1. The van der Waals surface area contributed by atoms with Gasteiger partial charge in [-0.15, -0.1) is 11.3 Å². The summed E-state index contributed by atoms with van der Waals surface area (Å²) in [6.45, 7) is 2.06. The lowest BCUT2D eigenvalue weighted by molar-refractivity contribution is -0.380. The quantitative estimate of drug-likeness (QED) is 0.782. The monoisotopic (exact) mass is 284 g/mol. The summed E-state index contributed by atoms with van der Waals surface area (Å²) in [5.41, 5.74) is 1.04. The van der Waals surface area contributed by atoms with Crippen LogP contribution < -0.4 is 10.3 Å². The largest absolute Gasteiger partial charge is 0.350 e. The molecule has 0 radical (unpaired) electrons. The van der Waals surface area contributed by atoms with E-state index in [9.17, 15) is 4.79 Å². The Hall–Kier alpha value is -2.14. The Labute approximate surface area is 120 Å². The maximum absolute atomic E-state index is 12.7. The Kier molecular flexibility index (Phi) is 2.44. The number of hydrogen-bond donors (Lipinski definition) is 2. The van der Waals surface area contributed by atoms with Crippen molar-refractivity contribution in [2.75, 3.05) is 0 Å². The second kappa shape index (κ2) is 4.18. The van der Waals surface area contributed by atoms with E-state index in [1.54, 1.807) is 11.3 Å². The smallest absolute Gasteiger partial charge is 0.257 e. The summed E-state index contributed by atoms with van der Waals surface area (Å²) in [5, 5.41) is 3.32. The van der Waals surface area contributed by atoms with E-state index in [0.29, 0.717) is 0 Å². The molecule has 1 amide bonds. The number of fused-ring (bicyclic) bond motifs is 3. The van der Waals surface area contributed by atoms with E-state index in [1.807, 2.05) is 41.5 Å². The summed E-state index contributed by atoms with van der Waals surface area (Å²) in [6, 6.07) is 3.80. The van der Waals surface area contributed by atoms with Crippen LogP contribution in [0.5, 0.6) is 0 Å². The van der Waals surface area contributed by atoms with Crippen molar-refractivity contribution in [1.29, 1.82) is 0 Å². The van der Waals surface area contributed by atoms with Crippen LogP contribution in [-0.4, -0.2) is 22.6 Å². The van der Waals surface area contributed by atoms with Crippen LogP contribution in [0.3, 0.4) is 0 Å². The van der Waals surface area contributed by atoms with Crippen molar-refractivity contribution >= 4 is 23.0 Å². The molecule has 1 fully saturated rings. The summed E-state index contributed by atoms with van der Waals surface area (Å²) in [4.78, 5) is 20.1. The van der Waals surface area contributed by atoms with Crippen molar-refractivity contribution < 1.29 is 9.79 Å². The Bertz CT molecular complexity index is 710. The summed E-state index contributed by atoms with van der Waals surface area (Å²) < 4.78 is 0. The molecule has 2 aliphatic heterocycles. The van der Waals surface area contributed by atoms with Crippen molar-refractivity contribution in [3.63, 3.8) is 0 Å². The maximum atomic E-state index is 12.7. The van der Waals surface area contributed by atoms with Crippen LogP contribution in [0.2, 0.25) is 0 Å². The summed E-state index contributed by atoms with van der Waals surface area (Å²) in [6.07, 6.45) is 9.87. The highest BCUT2D eigenvalue weighted by molar-refractivity contribution is 7.12. The molecular formula is C15H14N3OS+. The fraction of sp³-hybridized carbons (Fsp3) is 0.200. The van der Waals surface area contributed by atoms with Gasteiger partial charge in [0.25, 0.3) is 5.91 Å². The number of thiophene rings is 1. The molecule has 2 unspecified atom stereocenters. The van der Waals surface area contributed by atoms with Gasteiger partial charge in [-0.25, -0.2) is 4.99 Å². The number of hydrogen-bond acceptors (Lipinski definition) is 3. The number of amides is 1. The fourth-order valence-electron chi connectivity index (χ4n) is 2.78. The van der Waals surface area contributed by atoms with Crippen molar-refractivity contribution in [3.8, 4) is 0 Å². The minimum absolute atomic E-state index is 0.0222. The highest BCUT2D eigenvalue weighted by atomic mass is 32.1. The molecule has 4 rings (SSSR count). The normalized spacial score (nSPS) is 26.9. The fourth-order valence-corrected chi connectivity index (χ4v) is 3.70. The Balaban J connectivity index is 1.71. The van der Waals surface area contributed by atoms with E-state index >= 15 is 0 Å². The molecule has 1 aromatic rings. The molecule has 5 heteroatoms. The second-order valence-corrected chi connectivity index (χ2v) is 6.37. The molecule has 4 nitrogen and oxygen atoms in total. The zero-order valence-electron chi connectivity index (χ0n) is 11.0. The van der Waals surface area contributed by atoms with E-state index in [0.717, 1.165) is 16.4 Å². The minimum atomic E-state index is -0.264. The molecule has 2 N–H and O–H groups in total. The highest BCUT2D eigenvalue weighted by Crippen LogP contribution is 2.32. The SMILES string of the molecule is Cc1ccc(C2NC3=C[NH+]=C4C=CC=CC4N3C2=O)s1. The zero-order valence-corrected chi connectivity index (χ0v) is 11.8. The molecule has 3 heterocycles. The molecule has 1 aromatic heterocycles. The Morgan fingerprint density at radius 3 is 3.05 bits per heavy atom. The summed E-state index contributed by atoms with van der Waals surface area (Å²) in [5.74, 6) is 0.960. The van der Waals surface area contributed by atoms with Gasteiger partial charge in [0.2, 0.25) is 11.9 Å². The van der Waals surface area contributed by atoms with Crippen LogP contribution in [0.1, 0.15) is 15.8 Å². The van der Waals surface area contributed by atoms with Crippen molar-refractivity contribution in [2.45, 2.75) is 19.0 Å². The van der Waals surface area contributed by atoms with Gasteiger partial charge in [-0.05, 0) is 19.1 Å². The third kappa shape index (κ3) is 1.59. The van der Waals surface area contributed by atoms with Gasteiger partial charge in [-0.2, -0.15) is 0 Å². The first-order valence-corrected chi connectivity index (χ1v) is 7.40. The van der Waals surface area contributed by atoms with E-state index in [1.165, 1.54) is 4.88 Å². The van der Waals surface area contributed by atoms with Gasteiger partial charge >= 0.3 is 0 Å². The summed E-state index contributed by atoms with van der Waals surface area (Å²) >= 11 is 1.67. The standard InChI is InChI=1S/C15H13N3OS/c1-9-6-7-12(20-9)14-15(19)18-11-5-3-2-4-10(11)16-8-13(18)17-14/h2-8,11,14,17H,1H3/p+1. The van der Waals surface area contributed by atoms with Crippen LogP contribution in [0, 0.1) is 6.92 Å². The Morgan fingerprint density at radius 1 is 1.35 bits per heavy atom. The van der Waals surface area contributed by atoms with Crippen molar-refractivity contribution in [2.24, 2.45) is 0 Å². The number of nitrogens with one attached hydrogen (secondary N) is 2. The molecule has 1 aliphatic carbocycles. The maximum Gasteiger partial charge on any atom is 0.257 e. The van der Waals surface area contributed by atoms with Crippen LogP contribution >= 0.6 is 11.3 Å². The van der Waals surface area contributed by atoms with Crippen LogP contribution in [-0.2, 0) is 4.79 Å². The second-order valence-electron chi connectivity index (χ2n) is 5.05. The average Bonchev–Trinajstić information content (AvgIpc) is 3.03. The van der Waals surface area contributed by atoms with Gasteiger partial charge < -0.3 is 5.32 Å². The van der Waals surface area contributed by atoms with Crippen LogP contribution in [0.25, 0.3) is 0 Å². The average molecular weight is 284 g/mol. The molecule has 0 aromatic carbocycles. The molecule has 0 bridgehead atoms. The van der Waals surface area contributed by atoms with Crippen LogP contribution in [0.15, 0.2) is 48.5 Å². The third-order valence-corrected chi connectivity index (χ3v) is 4.80. The molecule has 0 saturated carbocycles. The lowest BCUT2D eigenvalue weighted by atomic mass is 10.0. The topological polar surface area (TPSA) is 46.3 Å². The lowest BCUT2D eigenvalue weighted by Gasteiger charge is -2.25. The van der Waals surface area contributed by atoms with E-state index in [-0.39, 0.29) is 18.0 Å². The molecule has 100 valence electrons. The van der Waals surface area contributed by atoms with Gasteiger partial charge in [0.15, 0.2) is 5.82 Å². The van der Waals surface area contributed by atoms with Crippen molar-refractivity contribution in [1.82, 2.24) is 10.2 Å². The molecule has 1 saturated heterocycles. The molecular weight excluding hydrogens is 270 g/mol. The predicted molar refractivity (Wildman–Crippen MR) is 77.9 cm³/mol. The van der Waals surface area contributed by atoms with Gasteiger partial charge in [0.1, 0.15) is 12.1 Å². The zero-order chi connectivity index (χ0) is 13.7. The van der Waals surface area contributed by atoms with Gasteiger partial charge in [0.05, 0.1) is 0 Å². The van der Waals surface area contributed by atoms with E-state index in [4.69, 9.17) is 0 Å². The van der Waals surface area contributed by atoms with Crippen LogP contribution in [0.4, 0.5) is 0 Å². The van der Waals surface area contributed by atoms with Gasteiger partial charge in [-0.1, -0.05) is 18.2 Å². The Morgan fingerprint density at radius 2 is 2.25 bits per heavy atom. The third-order valence-electron chi connectivity index (χ3n) is 3.73. The molecule has 0 spiro atoms. The first kappa shape index (κ1) is 11.7. The molecule has 20 heavy (non-hydrogen) atoms.